The number of piperidine rings is 1. The second-order valence-corrected chi connectivity index (χ2v) is 6.42. The van der Waals surface area contributed by atoms with E-state index in [1.807, 2.05) is 31.3 Å². The number of nitrogens with zero attached hydrogens (tertiary/aromatic N) is 2. The maximum Gasteiger partial charge on any atom is 0.260 e. The quantitative estimate of drug-likeness (QED) is 0.886. The summed E-state index contributed by atoms with van der Waals surface area (Å²) >= 11 is 0. The van der Waals surface area contributed by atoms with E-state index in [-0.39, 0.29) is 18.4 Å². The maximum absolute atomic E-state index is 12.3. The molecule has 0 aromatic heterocycles. The van der Waals surface area contributed by atoms with E-state index in [1.165, 1.54) is 0 Å². The first-order valence-electron chi connectivity index (χ1n) is 8.65. The van der Waals surface area contributed by atoms with E-state index in [9.17, 15) is 9.59 Å². The molecule has 0 spiro atoms. The molecule has 24 heavy (non-hydrogen) atoms. The summed E-state index contributed by atoms with van der Waals surface area (Å²) in [5, 5.41) is 3.30. The van der Waals surface area contributed by atoms with Crippen LogP contribution in [0.4, 0.5) is 5.69 Å². The van der Waals surface area contributed by atoms with Gasteiger partial charge >= 0.3 is 0 Å². The van der Waals surface area contributed by atoms with Crippen LogP contribution in [0, 0.1) is 0 Å². The lowest BCUT2D eigenvalue weighted by Crippen LogP contribution is -2.45. The number of hydrogen-bond donors (Lipinski definition) is 1. The van der Waals surface area contributed by atoms with Gasteiger partial charge in [0.05, 0.1) is 0 Å². The van der Waals surface area contributed by atoms with Gasteiger partial charge < -0.3 is 19.9 Å². The Morgan fingerprint density at radius 2 is 2.00 bits per heavy atom. The zero-order valence-electron chi connectivity index (χ0n) is 14.2. The van der Waals surface area contributed by atoms with Crippen molar-refractivity contribution in [1.82, 2.24) is 10.2 Å². The lowest BCUT2D eigenvalue weighted by molar-refractivity contribution is -0.134. The molecule has 2 aliphatic heterocycles. The van der Waals surface area contributed by atoms with Gasteiger partial charge in [0.1, 0.15) is 5.75 Å². The molecule has 1 aromatic carbocycles. The number of rotatable bonds is 5. The monoisotopic (exact) mass is 331 g/mol. The predicted octanol–water partition coefficient (Wildman–Crippen LogP) is 1.40. The van der Waals surface area contributed by atoms with Crippen LogP contribution in [0.2, 0.25) is 0 Å². The smallest absolute Gasteiger partial charge is 0.260 e. The van der Waals surface area contributed by atoms with Crippen LogP contribution < -0.4 is 15.0 Å². The maximum atomic E-state index is 12.3. The molecule has 0 radical (unpaired) electrons. The van der Waals surface area contributed by atoms with Gasteiger partial charge in [-0.15, -0.1) is 0 Å². The van der Waals surface area contributed by atoms with Crippen molar-refractivity contribution in [2.24, 2.45) is 0 Å². The lowest BCUT2D eigenvalue weighted by atomic mass is 10.1. The van der Waals surface area contributed by atoms with Crippen LogP contribution in [-0.4, -0.2) is 56.0 Å². The van der Waals surface area contributed by atoms with Gasteiger partial charge in [-0.2, -0.15) is 0 Å². The van der Waals surface area contributed by atoms with Crippen molar-refractivity contribution in [3.05, 3.63) is 24.3 Å². The van der Waals surface area contributed by atoms with Crippen molar-refractivity contribution in [1.29, 1.82) is 0 Å². The first-order chi connectivity index (χ1) is 11.6. The molecule has 2 aliphatic rings. The first kappa shape index (κ1) is 16.8. The van der Waals surface area contributed by atoms with E-state index in [0.29, 0.717) is 18.2 Å². The van der Waals surface area contributed by atoms with Gasteiger partial charge in [-0.05, 0) is 56.6 Å². The number of anilines is 1. The molecule has 0 atom stereocenters. The van der Waals surface area contributed by atoms with Crippen molar-refractivity contribution >= 4 is 17.5 Å². The number of carbonyl (C=O) groups excluding carboxylic acids is 2. The Labute approximate surface area is 142 Å². The third kappa shape index (κ3) is 3.87. The van der Waals surface area contributed by atoms with Crippen LogP contribution in [0.5, 0.6) is 5.75 Å². The van der Waals surface area contributed by atoms with Crippen LogP contribution in [0.15, 0.2) is 24.3 Å². The predicted molar refractivity (Wildman–Crippen MR) is 92.2 cm³/mol. The van der Waals surface area contributed by atoms with Crippen molar-refractivity contribution in [3.8, 4) is 5.75 Å². The third-order valence-corrected chi connectivity index (χ3v) is 4.83. The lowest BCUT2D eigenvalue weighted by Gasteiger charge is -2.31. The molecule has 0 bridgehead atoms. The summed E-state index contributed by atoms with van der Waals surface area (Å²) in [7, 11) is 1.85. The van der Waals surface area contributed by atoms with Gasteiger partial charge in [0.15, 0.2) is 6.61 Å². The number of benzene rings is 1. The van der Waals surface area contributed by atoms with Crippen LogP contribution in [-0.2, 0) is 9.59 Å². The Bertz CT molecular complexity index is 582. The SMILES string of the molecule is CN(C(=O)COc1ccc(N2CCCC2=O)cc1)C1CCNCC1. The molecule has 2 heterocycles. The molecule has 1 N–H and O–H groups in total. The number of likely N-dealkylation sites (N-methyl/N-ethyl adjacent to an activating group) is 1. The summed E-state index contributed by atoms with van der Waals surface area (Å²) in [4.78, 5) is 27.6. The second kappa shape index (κ2) is 7.66. The average Bonchev–Trinajstić information content (AvgIpc) is 3.06. The Balaban J connectivity index is 1.50. The highest BCUT2D eigenvalue weighted by molar-refractivity contribution is 5.95. The number of nitrogens with one attached hydrogen (secondary N) is 1. The number of carbonyl (C=O) groups is 2. The zero-order valence-corrected chi connectivity index (χ0v) is 14.2. The fourth-order valence-electron chi connectivity index (χ4n) is 3.29. The highest BCUT2D eigenvalue weighted by Gasteiger charge is 2.23. The molecule has 2 amide bonds. The fraction of sp³-hybridized carbons (Fsp3) is 0.556. The largest absolute Gasteiger partial charge is 0.484 e. The second-order valence-electron chi connectivity index (χ2n) is 6.42. The van der Waals surface area contributed by atoms with Gasteiger partial charge in [-0.3, -0.25) is 9.59 Å². The van der Waals surface area contributed by atoms with Crippen molar-refractivity contribution in [2.45, 2.75) is 31.7 Å². The molecule has 1 aromatic rings. The van der Waals surface area contributed by atoms with Gasteiger partial charge in [0.25, 0.3) is 5.91 Å². The summed E-state index contributed by atoms with van der Waals surface area (Å²) in [6.07, 6.45) is 3.51. The topological polar surface area (TPSA) is 61.9 Å². The van der Waals surface area contributed by atoms with Crippen molar-refractivity contribution in [3.63, 3.8) is 0 Å². The van der Waals surface area contributed by atoms with Crippen molar-refractivity contribution in [2.75, 3.05) is 38.2 Å². The van der Waals surface area contributed by atoms with E-state index in [2.05, 4.69) is 5.32 Å². The van der Waals surface area contributed by atoms with E-state index >= 15 is 0 Å². The molecule has 0 aliphatic carbocycles. The highest BCUT2D eigenvalue weighted by atomic mass is 16.5. The standard InChI is InChI=1S/C18H25N3O3/c1-20(14-8-10-19-11-9-14)18(23)13-24-16-6-4-15(5-7-16)21-12-2-3-17(21)22/h4-7,14,19H,2-3,8-13H2,1H3. The van der Waals surface area contributed by atoms with Gasteiger partial charge in [0, 0.05) is 31.7 Å². The molecule has 2 saturated heterocycles. The Hall–Kier alpha value is -2.08. The van der Waals surface area contributed by atoms with Crippen molar-refractivity contribution < 1.29 is 14.3 Å². The Morgan fingerprint density at radius 3 is 2.62 bits per heavy atom. The minimum atomic E-state index is 0.000646. The molecule has 0 unspecified atom stereocenters. The molecule has 3 rings (SSSR count). The van der Waals surface area contributed by atoms with Gasteiger partial charge in [0.2, 0.25) is 5.91 Å². The Kier molecular flexibility index (Phi) is 5.35. The van der Waals surface area contributed by atoms with E-state index in [4.69, 9.17) is 4.74 Å². The molecule has 0 saturated carbocycles. The summed E-state index contributed by atoms with van der Waals surface area (Å²) in [5.74, 6) is 0.820. The zero-order chi connectivity index (χ0) is 16.9. The fourth-order valence-corrected chi connectivity index (χ4v) is 3.29. The molecular formula is C18H25N3O3. The Morgan fingerprint density at radius 1 is 1.29 bits per heavy atom. The summed E-state index contributed by atoms with van der Waals surface area (Å²) in [6, 6.07) is 7.68. The molecule has 6 nitrogen and oxygen atoms in total. The van der Waals surface area contributed by atoms with Crippen LogP contribution >= 0.6 is 0 Å². The number of ether oxygens (including phenoxy) is 1. The minimum absolute atomic E-state index is 0.000646. The average molecular weight is 331 g/mol. The molecule has 2 fully saturated rings. The van der Waals surface area contributed by atoms with E-state index in [1.54, 1.807) is 9.80 Å². The first-order valence-corrected chi connectivity index (χ1v) is 8.65. The molecule has 6 heteroatoms. The summed E-state index contributed by atoms with van der Waals surface area (Å²) in [5.41, 5.74) is 0.892. The normalized spacial score (nSPS) is 18.7. The van der Waals surface area contributed by atoms with Gasteiger partial charge in [-0.25, -0.2) is 0 Å². The summed E-state index contributed by atoms with van der Waals surface area (Å²) < 4.78 is 5.61. The van der Waals surface area contributed by atoms with Crippen LogP contribution in [0.25, 0.3) is 0 Å². The number of amides is 2. The highest BCUT2D eigenvalue weighted by Crippen LogP contribution is 2.24. The third-order valence-electron chi connectivity index (χ3n) is 4.83. The van der Waals surface area contributed by atoms with Gasteiger partial charge in [-0.1, -0.05) is 0 Å². The van der Waals surface area contributed by atoms with Crippen LogP contribution in [0.1, 0.15) is 25.7 Å². The van der Waals surface area contributed by atoms with E-state index in [0.717, 1.165) is 44.6 Å². The van der Waals surface area contributed by atoms with Crippen LogP contribution in [0.3, 0.4) is 0 Å². The number of hydrogen-bond acceptors (Lipinski definition) is 4. The van der Waals surface area contributed by atoms with E-state index < -0.39 is 0 Å². The molecular weight excluding hydrogens is 306 g/mol. The summed E-state index contributed by atoms with van der Waals surface area (Å²) in [6.45, 7) is 2.74. The molecule has 130 valence electrons. The minimum Gasteiger partial charge on any atom is -0.484 e.